The van der Waals surface area contributed by atoms with Gasteiger partial charge in [0, 0.05) is 44.9 Å². The van der Waals surface area contributed by atoms with Crippen molar-refractivity contribution in [3.63, 3.8) is 0 Å². The van der Waals surface area contributed by atoms with Crippen molar-refractivity contribution in [2.45, 2.75) is 64.8 Å². The minimum absolute atomic E-state index is 0.00818. The Kier molecular flexibility index (Phi) is 7.23. The Bertz CT molecular complexity index is 705. The maximum Gasteiger partial charge on any atom is 0.225 e. The van der Waals surface area contributed by atoms with Crippen molar-refractivity contribution in [1.82, 2.24) is 24.8 Å². The molecule has 0 bridgehead atoms. The van der Waals surface area contributed by atoms with Gasteiger partial charge in [0.15, 0.2) is 0 Å². The number of aliphatic hydroxyl groups excluding tert-OH is 1. The molecule has 0 aromatic carbocycles. The second-order valence-electron chi connectivity index (χ2n) is 8.45. The van der Waals surface area contributed by atoms with Gasteiger partial charge in [0.1, 0.15) is 0 Å². The van der Waals surface area contributed by atoms with E-state index in [9.17, 15) is 14.7 Å². The number of aryl methyl sites for hydroxylation is 1. The Balaban J connectivity index is 1.79. The van der Waals surface area contributed by atoms with Gasteiger partial charge in [-0.2, -0.15) is 0 Å². The first-order valence-corrected chi connectivity index (χ1v) is 10.5. The van der Waals surface area contributed by atoms with E-state index in [1.807, 2.05) is 20.9 Å². The molecule has 162 valence electrons. The second kappa shape index (κ2) is 9.67. The highest BCUT2D eigenvalue weighted by atomic mass is 16.5. The summed E-state index contributed by atoms with van der Waals surface area (Å²) in [5, 5.41) is 17.7. The van der Waals surface area contributed by atoms with Gasteiger partial charge in [-0.1, -0.05) is 12.1 Å². The van der Waals surface area contributed by atoms with Crippen LogP contribution in [0.1, 0.15) is 45.2 Å². The number of hydrogen-bond donors (Lipinski definition) is 1. The number of likely N-dealkylation sites (N-methyl/N-ethyl adjacent to an activating group) is 1. The lowest BCUT2D eigenvalue weighted by atomic mass is 10.0. The first kappa shape index (κ1) is 21.7. The number of aliphatic hydroxyl groups is 1. The molecule has 9 heteroatoms. The smallest absolute Gasteiger partial charge is 0.225 e. The monoisotopic (exact) mass is 407 g/mol. The lowest BCUT2D eigenvalue weighted by molar-refractivity contribution is -0.138. The molecule has 1 aromatic rings. The Morgan fingerprint density at radius 1 is 1.45 bits per heavy atom. The lowest BCUT2D eigenvalue weighted by Gasteiger charge is -2.35. The predicted molar refractivity (Wildman–Crippen MR) is 106 cm³/mol. The van der Waals surface area contributed by atoms with E-state index in [2.05, 4.69) is 10.3 Å². The zero-order chi connectivity index (χ0) is 21.0. The maximum atomic E-state index is 12.8. The van der Waals surface area contributed by atoms with Crippen LogP contribution in [0.2, 0.25) is 0 Å². The number of aromatic nitrogens is 3. The normalized spacial score (nSPS) is 25.0. The number of rotatable bonds is 5. The van der Waals surface area contributed by atoms with Crippen LogP contribution < -0.4 is 0 Å². The highest BCUT2D eigenvalue weighted by molar-refractivity contribution is 5.80. The SMILES string of the molecule is C[C@H](CO)N1C[C@H](C)[C@H](CN(C)C(=O)C2CC2)OCc2cnnn2CCCC1=O. The second-order valence-corrected chi connectivity index (χ2v) is 8.45. The molecule has 0 radical (unpaired) electrons. The molecule has 2 amide bonds. The van der Waals surface area contributed by atoms with E-state index in [0.29, 0.717) is 39.1 Å². The van der Waals surface area contributed by atoms with Crippen LogP contribution in [0.25, 0.3) is 0 Å². The summed E-state index contributed by atoms with van der Waals surface area (Å²) in [6.07, 6.45) is 4.42. The average Bonchev–Trinajstić information content (AvgIpc) is 3.46. The molecule has 0 spiro atoms. The Labute approximate surface area is 172 Å². The largest absolute Gasteiger partial charge is 0.394 e. The summed E-state index contributed by atoms with van der Waals surface area (Å²) in [5.74, 6) is 0.322. The highest BCUT2D eigenvalue weighted by Gasteiger charge is 2.34. The van der Waals surface area contributed by atoms with Crippen LogP contribution in [0.15, 0.2) is 6.20 Å². The van der Waals surface area contributed by atoms with Crippen molar-refractivity contribution in [3.05, 3.63) is 11.9 Å². The number of ether oxygens (including phenoxy) is 1. The number of carbonyl (C=O) groups is 2. The summed E-state index contributed by atoms with van der Waals surface area (Å²) >= 11 is 0. The summed E-state index contributed by atoms with van der Waals surface area (Å²) in [7, 11) is 1.82. The summed E-state index contributed by atoms with van der Waals surface area (Å²) in [6, 6.07) is -0.263. The maximum absolute atomic E-state index is 12.8. The number of fused-ring (bicyclic) bond motifs is 1. The van der Waals surface area contributed by atoms with Crippen molar-refractivity contribution in [2.24, 2.45) is 11.8 Å². The van der Waals surface area contributed by atoms with Crippen molar-refractivity contribution in [2.75, 3.05) is 26.7 Å². The van der Waals surface area contributed by atoms with Crippen LogP contribution in [0.5, 0.6) is 0 Å². The number of carbonyl (C=O) groups excluding carboxylic acids is 2. The fourth-order valence-electron chi connectivity index (χ4n) is 3.75. The van der Waals surface area contributed by atoms with Crippen molar-refractivity contribution in [1.29, 1.82) is 0 Å². The summed E-state index contributed by atoms with van der Waals surface area (Å²) in [5.41, 5.74) is 0.868. The molecule has 1 aromatic heterocycles. The first-order valence-electron chi connectivity index (χ1n) is 10.5. The molecular weight excluding hydrogens is 374 g/mol. The third kappa shape index (κ3) is 5.54. The van der Waals surface area contributed by atoms with Crippen LogP contribution in [-0.4, -0.2) is 80.6 Å². The number of amides is 2. The molecule has 3 atom stereocenters. The molecule has 1 aliphatic heterocycles. The molecular formula is C20H33N5O4. The van der Waals surface area contributed by atoms with Gasteiger partial charge in [0.25, 0.3) is 0 Å². The van der Waals surface area contributed by atoms with E-state index in [1.54, 1.807) is 20.7 Å². The summed E-state index contributed by atoms with van der Waals surface area (Å²) in [4.78, 5) is 28.8. The van der Waals surface area contributed by atoms with Gasteiger partial charge in [-0.3, -0.25) is 9.59 Å². The summed E-state index contributed by atoms with van der Waals surface area (Å²) in [6.45, 7) is 5.69. The molecule has 1 fully saturated rings. The van der Waals surface area contributed by atoms with Gasteiger partial charge in [-0.25, -0.2) is 4.68 Å². The van der Waals surface area contributed by atoms with Crippen LogP contribution >= 0.6 is 0 Å². The van der Waals surface area contributed by atoms with Crippen LogP contribution in [0.3, 0.4) is 0 Å². The molecule has 1 N–H and O–H groups in total. The third-order valence-corrected chi connectivity index (χ3v) is 5.90. The summed E-state index contributed by atoms with van der Waals surface area (Å²) < 4.78 is 8.01. The van der Waals surface area contributed by atoms with Crippen LogP contribution in [-0.2, 0) is 27.5 Å². The minimum atomic E-state index is -0.263. The molecule has 0 saturated heterocycles. The molecule has 3 rings (SSSR count). The number of hydrogen-bond acceptors (Lipinski definition) is 6. The molecule has 9 nitrogen and oxygen atoms in total. The molecule has 1 saturated carbocycles. The number of nitrogens with zero attached hydrogens (tertiary/aromatic N) is 5. The van der Waals surface area contributed by atoms with Crippen LogP contribution in [0, 0.1) is 11.8 Å². The van der Waals surface area contributed by atoms with E-state index in [0.717, 1.165) is 18.5 Å². The zero-order valence-corrected chi connectivity index (χ0v) is 17.7. The molecule has 1 aliphatic carbocycles. The lowest BCUT2D eigenvalue weighted by Crippen LogP contribution is -2.48. The van der Waals surface area contributed by atoms with E-state index in [-0.39, 0.29) is 42.4 Å². The predicted octanol–water partition coefficient (Wildman–Crippen LogP) is 0.671. The molecule has 29 heavy (non-hydrogen) atoms. The topological polar surface area (TPSA) is 101 Å². The molecule has 2 heterocycles. The van der Waals surface area contributed by atoms with Crippen molar-refractivity contribution < 1.29 is 19.4 Å². The van der Waals surface area contributed by atoms with E-state index < -0.39 is 0 Å². The van der Waals surface area contributed by atoms with Gasteiger partial charge >= 0.3 is 0 Å². The van der Waals surface area contributed by atoms with E-state index in [1.165, 1.54) is 0 Å². The van der Waals surface area contributed by atoms with Gasteiger partial charge in [0.2, 0.25) is 11.8 Å². The fraction of sp³-hybridized carbons (Fsp3) is 0.800. The Morgan fingerprint density at radius 3 is 2.90 bits per heavy atom. The van der Waals surface area contributed by atoms with Crippen molar-refractivity contribution in [3.8, 4) is 0 Å². The van der Waals surface area contributed by atoms with Gasteiger partial charge in [-0.15, -0.1) is 5.10 Å². The Morgan fingerprint density at radius 2 is 2.21 bits per heavy atom. The highest BCUT2D eigenvalue weighted by Crippen LogP contribution is 2.31. The first-order chi connectivity index (χ1) is 13.9. The molecule has 0 unspecified atom stereocenters. The fourth-order valence-corrected chi connectivity index (χ4v) is 3.75. The third-order valence-electron chi connectivity index (χ3n) is 5.90. The average molecular weight is 408 g/mol. The van der Waals surface area contributed by atoms with E-state index >= 15 is 0 Å². The van der Waals surface area contributed by atoms with Gasteiger partial charge in [0.05, 0.1) is 37.3 Å². The van der Waals surface area contributed by atoms with Gasteiger partial charge in [-0.05, 0) is 26.2 Å². The molecule has 2 aliphatic rings. The van der Waals surface area contributed by atoms with Crippen molar-refractivity contribution >= 4 is 11.8 Å². The van der Waals surface area contributed by atoms with E-state index in [4.69, 9.17) is 4.74 Å². The zero-order valence-electron chi connectivity index (χ0n) is 17.7. The minimum Gasteiger partial charge on any atom is -0.394 e. The Hall–Kier alpha value is -2.00. The standard InChI is InChI=1S/C20H33N5O4/c1-14-10-24(15(2)12-26)19(27)5-4-8-25-17(9-21-22-25)13-29-18(14)11-23(3)20(28)16-6-7-16/h9,14-16,18,26H,4-8,10-13H2,1-3H3/t14-,15+,18-/m0/s1. The van der Waals surface area contributed by atoms with Crippen LogP contribution in [0.4, 0.5) is 0 Å². The van der Waals surface area contributed by atoms with Gasteiger partial charge < -0.3 is 19.6 Å². The quantitative estimate of drug-likeness (QED) is 0.770.